The predicted molar refractivity (Wildman–Crippen MR) is 130 cm³/mol. The summed E-state index contributed by atoms with van der Waals surface area (Å²) in [5.74, 6) is -0.541. The van der Waals surface area contributed by atoms with E-state index in [0.717, 1.165) is 30.4 Å². The van der Waals surface area contributed by atoms with Gasteiger partial charge in [0.05, 0.1) is 11.5 Å². The van der Waals surface area contributed by atoms with Gasteiger partial charge in [0.25, 0.3) is 0 Å². The molecule has 0 aliphatic rings. The minimum Gasteiger partial charge on any atom is -0.389 e. The molecule has 1 N–H and O–H groups in total. The Morgan fingerprint density at radius 2 is 1.69 bits per heavy atom. The van der Waals surface area contributed by atoms with Gasteiger partial charge < -0.3 is 14.6 Å². The van der Waals surface area contributed by atoms with Crippen molar-refractivity contribution in [1.29, 1.82) is 0 Å². The van der Waals surface area contributed by atoms with Crippen LogP contribution < -0.4 is 0 Å². The molecule has 0 heterocycles. The molecule has 0 radical (unpaired) electrons. The molecule has 4 nitrogen and oxygen atoms in total. The average Bonchev–Trinajstić information content (AvgIpc) is 2.79. The molecule has 0 bridgehead atoms. The SMILES string of the molecule is CCC[C@](O)(CCc1ccccc1)CC(=O)C(C(OC)OC)C(CC)c1cccc(C)c1. The number of methoxy groups -OCH3 is 2. The van der Waals surface area contributed by atoms with Crippen molar-refractivity contribution in [2.45, 2.75) is 77.1 Å². The van der Waals surface area contributed by atoms with E-state index in [1.54, 1.807) is 14.2 Å². The molecular formula is C28H40O4. The van der Waals surface area contributed by atoms with E-state index >= 15 is 0 Å². The van der Waals surface area contributed by atoms with Crippen LogP contribution in [0.2, 0.25) is 0 Å². The first-order valence-electron chi connectivity index (χ1n) is 11.8. The predicted octanol–water partition coefficient (Wildman–Crippen LogP) is 5.85. The summed E-state index contributed by atoms with van der Waals surface area (Å²) < 4.78 is 11.2. The number of rotatable bonds is 14. The summed E-state index contributed by atoms with van der Waals surface area (Å²) in [6.45, 7) is 6.19. The van der Waals surface area contributed by atoms with Crippen LogP contribution in [0, 0.1) is 12.8 Å². The highest BCUT2D eigenvalue weighted by atomic mass is 16.7. The molecule has 2 aromatic rings. The smallest absolute Gasteiger partial charge is 0.167 e. The molecule has 0 fully saturated rings. The number of benzene rings is 2. The average molecular weight is 441 g/mol. The molecule has 4 heteroatoms. The third kappa shape index (κ3) is 7.26. The standard InChI is InChI=1S/C28H40O4/c1-6-17-28(30,18-16-22-13-9-8-10-14-22)20-25(29)26(27(31-4)32-5)24(7-2)23-15-11-12-21(3)19-23/h8-15,19,24,26-27,30H,6-7,16-18,20H2,1-5H3/t24?,26?,28-/m0/s1. The first-order chi connectivity index (χ1) is 15.4. The zero-order valence-corrected chi connectivity index (χ0v) is 20.3. The maximum atomic E-state index is 13.7. The summed E-state index contributed by atoms with van der Waals surface area (Å²) >= 11 is 0. The van der Waals surface area contributed by atoms with Gasteiger partial charge in [-0.25, -0.2) is 0 Å². The number of aryl methyl sites for hydroxylation is 2. The molecule has 0 aliphatic heterocycles. The summed E-state index contributed by atoms with van der Waals surface area (Å²) in [6.07, 6.45) is 2.91. The van der Waals surface area contributed by atoms with Crippen LogP contribution in [0.1, 0.15) is 68.6 Å². The van der Waals surface area contributed by atoms with E-state index in [1.807, 2.05) is 31.2 Å². The van der Waals surface area contributed by atoms with Crippen LogP contribution in [-0.2, 0) is 20.7 Å². The zero-order chi connectivity index (χ0) is 23.6. The van der Waals surface area contributed by atoms with Crippen molar-refractivity contribution < 1.29 is 19.4 Å². The van der Waals surface area contributed by atoms with E-state index in [4.69, 9.17) is 9.47 Å². The fraction of sp³-hybridized carbons (Fsp3) is 0.536. The van der Waals surface area contributed by atoms with Gasteiger partial charge in [-0.1, -0.05) is 80.4 Å². The molecule has 0 saturated heterocycles. The van der Waals surface area contributed by atoms with Crippen LogP contribution >= 0.6 is 0 Å². The normalized spacial score (nSPS) is 15.3. The van der Waals surface area contributed by atoms with Gasteiger partial charge in [-0.3, -0.25) is 4.79 Å². The molecule has 0 saturated carbocycles. The largest absolute Gasteiger partial charge is 0.389 e. The van der Waals surface area contributed by atoms with E-state index in [2.05, 4.69) is 44.2 Å². The van der Waals surface area contributed by atoms with Crippen molar-refractivity contribution in [3.63, 3.8) is 0 Å². The second-order valence-corrected chi connectivity index (χ2v) is 8.90. The monoisotopic (exact) mass is 440 g/mol. The molecule has 0 aromatic heterocycles. The number of Topliss-reactive ketones (excluding diaryl/α,β-unsaturated/α-hetero) is 1. The Labute approximate surface area is 194 Å². The molecule has 2 rings (SSSR count). The van der Waals surface area contributed by atoms with Crippen LogP contribution in [0.25, 0.3) is 0 Å². The summed E-state index contributed by atoms with van der Waals surface area (Å²) in [5.41, 5.74) is 2.39. The van der Waals surface area contributed by atoms with Crippen LogP contribution in [0.15, 0.2) is 54.6 Å². The lowest BCUT2D eigenvalue weighted by Gasteiger charge is -2.34. The Morgan fingerprint density at radius 3 is 2.25 bits per heavy atom. The third-order valence-electron chi connectivity index (χ3n) is 6.41. The lowest BCUT2D eigenvalue weighted by Crippen LogP contribution is -2.41. The number of carbonyl (C=O) groups excluding carboxylic acids is 1. The Kier molecular flexibility index (Phi) is 10.6. The van der Waals surface area contributed by atoms with Crippen molar-refractivity contribution in [2.24, 2.45) is 5.92 Å². The molecule has 0 amide bonds. The Hall–Kier alpha value is -2.01. The summed E-state index contributed by atoms with van der Waals surface area (Å²) in [7, 11) is 3.15. The van der Waals surface area contributed by atoms with Crippen LogP contribution in [0.4, 0.5) is 0 Å². The Balaban J connectivity index is 2.29. The zero-order valence-electron chi connectivity index (χ0n) is 20.3. The van der Waals surface area contributed by atoms with Gasteiger partial charge in [-0.15, -0.1) is 0 Å². The highest BCUT2D eigenvalue weighted by molar-refractivity contribution is 5.83. The molecule has 176 valence electrons. The highest BCUT2D eigenvalue weighted by Crippen LogP contribution is 2.36. The van der Waals surface area contributed by atoms with Gasteiger partial charge in [-0.2, -0.15) is 0 Å². The maximum Gasteiger partial charge on any atom is 0.167 e. The fourth-order valence-corrected chi connectivity index (χ4v) is 4.78. The minimum absolute atomic E-state index is 0.00364. The number of hydrogen-bond acceptors (Lipinski definition) is 4. The lowest BCUT2D eigenvalue weighted by molar-refractivity contribution is -0.164. The maximum absolute atomic E-state index is 13.7. The number of ketones is 1. The number of hydrogen-bond donors (Lipinski definition) is 1. The summed E-state index contributed by atoms with van der Waals surface area (Å²) in [6, 6.07) is 18.4. The third-order valence-corrected chi connectivity index (χ3v) is 6.41. The fourth-order valence-electron chi connectivity index (χ4n) is 4.78. The van der Waals surface area contributed by atoms with Gasteiger partial charge in [0.1, 0.15) is 5.78 Å². The van der Waals surface area contributed by atoms with Crippen molar-refractivity contribution in [2.75, 3.05) is 14.2 Å². The second kappa shape index (κ2) is 12.9. The first kappa shape index (κ1) is 26.2. The molecule has 2 unspecified atom stereocenters. The second-order valence-electron chi connectivity index (χ2n) is 8.90. The quantitative estimate of drug-likeness (QED) is 0.375. The van der Waals surface area contributed by atoms with Crippen LogP contribution in [0.3, 0.4) is 0 Å². The van der Waals surface area contributed by atoms with E-state index < -0.39 is 17.8 Å². The first-order valence-corrected chi connectivity index (χ1v) is 11.8. The van der Waals surface area contributed by atoms with Crippen molar-refractivity contribution in [1.82, 2.24) is 0 Å². The Morgan fingerprint density at radius 1 is 1.00 bits per heavy atom. The van der Waals surface area contributed by atoms with Gasteiger partial charge >= 0.3 is 0 Å². The number of carbonyl (C=O) groups is 1. The van der Waals surface area contributed by atoms with Gasteiger partial charge in [0.2, 0.25) is 0 Å². The van der Waals surface area contributed by atoms with Crippen LogP contribution in [-0.4, -0.2) is 37.0 Å². The Bertz CT molecular complexity index is 815. The van der Waals surface area contributed by atoms with Crippen molar-refractivity contribution >= 4 is 5.78 Å². The highest BCUT2D eigenvalue weighted by Gasteiger charge is 2.40. The van der Waals surface area contributed by atoms with Gasteiger partial charge in [0, 0.05) is 20.6 Å². The van der Waals surface area contributed by atoms with Gasteiger partial charge in [-0.05, 0) is 49.7 Å². The molecule has 3 atom stereocenters. The van der Waals surface area contributed by atoms with Crippen molar-refractivity contribution in [3.05, 3.63) is 71.3 Å². The lowest BCUT2D eigenvalue weighted by atomic mass is 9.76. The van der Waals surface area contributed by atoms with Gasteiger partial charge in [0.15, 0.2) is 6.29 Å². The number of aliphatic hydroxyl groups is 1. The number of ether oxygens (including phenoxy) is 2. The van der Waals surface area contributed by atoms with E-state index in [0.29, 0.717) is 12.8 Å². The summed E-state index contributed by atoms with van der Waals surface area (Å²) in [4.78, 5) is 13.7. The van der Waals surface area contributed by atoms with E-state index in [-0.39, 0.29) is 18.1 Å². The summed E-state index contributed by atoms with van der Waals surface area (Å²) in [5, 5.41) is 11.5. The molecule has 32 heavy (non-hydrogen) atoms. The van der Waals surface area contributed by atoms with Crippen molar-refractivity contribution in [3.8, 4) is 0 Å². The van der Waals surface area contributed by atoms with E-state index in [9.17, 15) is 9.90 Å². The molecular weight excluding hydrogens is 400 g/mol. The molecule has 0 spiro atoms. The molecule has 2 aromatic carbocycles. The van der Waals surface area contributed by atoms with E-state index in [1.165, 1.54) is 5.56 Å². The topological polar surface area (TPSA) is 55.8 Å². The molecule has 0 aliphatic carbocycles. The minimum atomic E-state index is -1.04. The van der Waals surface area contributed by atoms with Crippen LogP contribution in [0.5, 0.6) is 0 Å².